The van der Waals surface area contributed by atoms with Crippen LogP contribution in [0.1, 0.15) is 47.2 Å². The van der Waals surface area contributed by atoms with Crippen LogP contribution in [0.15, 0.2) is 182 Å². The Kier molecular flexibility index (Phi) is 7.79. The van der Waals surface area contributed by atoms with Gasteiger partial charge in [-0.3, -0.25) is 0 Å². The molecule has 0 aliphatic heterocycles. The van der Waals surface area contributed by atoms with Crippen molar-refractivity contribution in [2.75, 3.05) is 0 Å². The molecular weight excluding hydrogens is 607 g/mol. The molecule has 0 fully saturated rings. The van der Waals surface area contributed by atoms with Gasteiger partial charge < -0.3 is 0 Å². The molecule has 2 unspecified atom stereocenters. The molecule has 0 saturated heterocycles. The third kappa shape index (κ3) is 5.67. The van der Waals surface area contributed by atoms with Crippen molar-refractivity contribution >= 4 is 5.57 Å². The summed E-state index contributed by atoms with van der Waals surface area (Å²) in [6.07, 6.45) is 19.7. The van der Waals surface area contributed by atoms with Crippen LogP contribution in [0.5, 0.6) is 0 Å². The molecule has 2 heterocycles. The van der Waals surface area contributed by atoms with Gasteiger partial charge in [0.15, 0.2) is 5.82 Å². The number of hydrogen-bond acceptors (Lipinski definition) is 3. The number of nitrogens with zero attached hydrogens (tertiary/aromatic N) is 3. The molecule has 4 aromatic carbocycles. The fourth-order valence-corrected chi connectivity index (χ4v) is 7.43. The quantitative estimate of drug-likeness (QED) is 0.182. The maximum Gasteiger partial charge on any atom is 0.160 e. The normalized spacial score (nSPS) is 17.4. The first-order valence-electron chi connectivity index (χ1n) is 17.4. The summed E-state index contributed by atoms with van der Waals surface area (Å²) in [5, 5.41) is 0. The van der Waals surface area contributed by atoms with Crippen molar-refractivity contribution in [2.24, 2.45) is 0 Å². The van der Waals surface area contributed by atoms with Crippen LogP contribution in [-0.4, -0.2) is 15.0 Å². The Labute approximate surface area is 293 Å². The molecule has 0 spiro atoms. The van der Waals surface area contributed by atoms with E-state index in [0.717, 1.165) is 69.3 Å². The van der Waals surface area contributed by atoms with Gasteiger partial charge in [-0.2, -0.15) is 0 Å². The minimum Gasteiger partial charge on any atom is -0.247 e. The molecule has 0 bridgehead atoms. The van der Waals surface area contributed by atoms with E-state index in [2.05, 4.69) is 170 Å². The number of benzene rings is 4. The fraction of sp³-hybridized carbons (Fsp3) is 0.0851. The van der Waals surface area contributed by atoms with Gasteiger partial charge in [0, 0.05) is 34.1 Å². The Morgan fingerprint density at radius 3 is 1.90 bits per heavy atom. The van der Waals surface area contributed by atoms with Gasteiger partial charge >= 0.3 is 0 Å². The lowest BCUT2D eigenvalue weighted by atomic mass is 9.74. The van der Waals surface area contributed by atoms with Gasteiger partial charge in [-0.25, -0.2) is 15.0 Å². The van der Waals surface area contributed by atoms with E-state index in [4.69, 9.17) is 15.0 Å². The van der Waals surface area contributed by atoms with Gasteiger partial charge in [-0.05, 0) is 64.9 Å². The minimum atomic E-state index is 0.209. The SMILES string of the molecule is C1=CCC(c2cc(-c3ccccc3)nc(-c3cccc(C4=CC5=CC=CCC5c5c(-c6ccccc6)cc(-c6ccccc6)nc54)c3)n2)C=C1. The minimum absolute atomic E-state index is 0.209. The number of fused-ring (bicyclic) bond motifs is 3. The summed E-state index contributed by atoms with van der Waals surface area (Å²) in [4.78, 5) is 15.9. The van der Waals surface area contributed by atoms with Crippen LogP contribution in [0, 0.1) is 0 Å². The average molecular weight is 642 g/mol. The first-order valence-corrected chi connectivity index (χ1v) is 17.4. The van der Waals surface area contributed by atoms with Crippen molar-refractivity contribution in [1.82, 2.24) is 15.0 Å². The van der Waals surface area contributed by atoms with Crippen LogP contribution in [0.2, 0.25) is 0 Å². The van der Waals surface area contributed by atoms with Crippen LogP contribution in [0.25, 0.3) is 50.6 Å². The lowest BCUT2D eigenvalue weighted by Gasteiger charge is -2.31. The van der Waals surface area contributed by atoms with Crippen LogP contribution >= 0.6 is 0 Å². The topological polar surface area (TPSA) is 38.7 Å². The molecule has 3 heteroatoms. The Bertz CT molecular complexity index is 2360. The van der Waals surface area contributed by atoms with Crippen molar-refractivity contribution in [3.05, 3.63) is 204 Å². The highest BCUT2D eigenvalue weighted by molar-refractivity contribution is 5.91. The first kappa shape index (κ1) is 29.9. The fourth-order valence-electron chi connectivity index (χ4n) is 7.43. The number of hydrogen-bond donors (Lipinski definition) is 0. The summed E-state index contributed by atoms with van der Waals surface area (Å²) in [7, 11) is 0. The van der Waals surface area contributed by atoms with E-state index >= 15 is 0 Å². The van der Waals surface area contributed by atoms with E-state index in [0.29, 0.717) is 0 Å². The highest BCUT2D eigenvalue weighted by atomic mass is 14.9. The molecular formula is C47H35N3. The second kappa shape index (κ2) is 13.0. The molecule has 3 aliphatic carbocycles. The van der Waals surface area contributed by atoms with E-state index in [1.165, 1.54) is 22.3 Å². The van der Waals surface area contributed by atoms with Gasteiger partial charge in [0.2, 0.25) is 0 Å². The molecule has 50 heavy (non-hydrogen) atoms. The largest absolute Gasteiger partial charge is 0.247 e. The molecule has 2 aromatic heterocycles. The van der Waals surface area contributed by atoms with Crippen molar-refractivity contribution < 1.29 is 0 Å². The number of pyridine rings is 1. The zero-order valence-corrected chi connectivity index (χ0v) is 27.7. The number of allylic oxidation sites excluding steroid dienone is 9. The zero-order valence-electron chi connectivity index (χ0n) is 27.7. The zero-order chi connectivity index (χ0) is 33.3. The van der Waals surface area contributed by atoms with Crippen molar-refractivity contribution in [3.63, 3.8) is 0 Å². The van der Waals surface area contributed by atoms with Crippen LogP contribution in [0.4, 0.5) is 0 Å². The lowest BCUT2D eigenvalue weighted by molar-refractivity contribution is 0.802. The third-order valence-corrected chi connectivity index (χ3v) is 9.93. The van der Waals surface area contributed by atoms with E-state index in [1.807, 2.05) is 6.07 Å². The van der Waals surface area contributed by atoms with Gasteiger partial charge in [0.1, 0.15) is 0 Å². The first-order chi connectivity index (χ1) is 24.8. The molecule has 6 aromatic rings. The monoisotopic (exact) mass is 641 g/mol. The molecule has 3 aliphatic rings. The van der Waals surface area contributed by atoms with Crippen molar-refractivity contribution in [2.45, 2.75) is 24.7 Å². The Morgan fingerprint density at radius 2 is 1.18 bits per heavy atom. The smallest absolute Gasteiger partial charge is 0.160 e. The van der Waals surface area contributed by atoms with Crippen LogP contribution in [0.3, 0.4) is 0 Å². The molecule has 0 amide bonds. The van der Waals surface area contributed by atoms with E-state index in [1.54, 1.807) is 0 Å². The summed E-state index contributed by atoms with van der Waals surface area (Å²) in [6.45, 7) is 0. The lowest BCUT2D eigenvalue weighted by Crippen LogP contribution is -2.15. The average Bonchev–Trinajstić information content (AvgIpc) is 3.21. The summed E-state index contributed by atoms with van der Waals surface area (Å²) in [6, 6.07) is 44.9. The number of rotatable bonds is 6. The molecule has 0 radical (unpaired) electrons. The standard InChI is InChI=1S/C47H35N3/c1-5-16-32(17-6-1)40-30-42(33-18-7-2-8-19-33)48-46-41(29-37-24-13-14-27-39(37)45(40)46)36-25-15-26-38(28-36)47-49-43(34-20-9-3-10-21-34)31-44(50-47)35-22-11-4-12-23-35/h1-22,24-26,28-31,35,39H,23,27H2. The van der Waals surface area contributed by atoms with Crippen molar-refractivity contribution in [1.29, 1.82) is 0 Å². The molecule has 9 rings (SSSR count). The van der Waals surface area contributed by atoms with Gasteiger partial charge in [-0.15, -0.1) is 0 Å². The molecule has 2 atom stereocenters. The van der Waals surface area contributed by atoms with Gasteiger partial charge in [0.25, 0.3) is 0 Å². The Hall–Kier alpha value is -6.19. The van der Waals surface area contributed by atoms with Crippen LogP contribution < -0.4 is 0 Å². The summed E-state index contributed by atoms with van der Waals surface area (Å²) in [5.41, 5.74) is 14.4. The number of aromatic nitrogens is 3. The highest BCUT2D eigenvalue weighted by Gasteiger charge is 2.31. The summed E-state index contributed by atoms with van der Waals surface area (Å²) >= 11 is 0. The summed E-state index contributed by atoms with van der Waals surface area (Å²) in [5.74, 6) is 1.18. The van der Waals surface area contributed by atoms with E-state index in [9.17, 15) is 0 Å². The third-order valence-electron chi connectivity index (χ3n) is 9.93. The van der Waals surface area contributed by atoms with E-state index < -0.39 is 0 Å². The second-order valence-electron chi connectivity index (χ2n) is 13.1. The predicted octanol–water partition coefficient (Wildman–Crippen LogP) is 11.6. The predicted molar refractivity (Wildman–Crippen MR) is 205 cm³/mol. The van der Waals surface area contributed by atoms with Gasteiger partial charge in [-0.1, -0.05) is 152 Å². The molecule has 0 saturated carbocycles. The Morgan fingerprint density at radius 1 is 0.520 bits per heavy atom. The summed E-state index contributed by atoms with van der Waals surface area (Å²) < 4.78 is 0. The highest BCUT2D eigenvalue weighted by Crippen LogP contribution is 2.48. The van der Waals surface area contributed by atoms with Crippen LogP contribution in [-0.2, 0) is 0 Å². The molecule has 238 valence electrons. The molecule has 3 nitrogen and oxygen atoms in total. The Balaban J connectivity index is 1.23. The van der Waals surface area contributed by atoms with Crippen molar-refractivity contribution in [3.8, 4) is 45.0 Å². The second-order valence-corrected chi connectivity index (χ2v) is 13.1. The molecule has 0 N–H and O–H groups in total. The maximum absolute atomic E-state index is 5.49. The van der Waals surface area contributed by atoms with E-state index in [-0.39, 0.29) is 11.8 Å². The maximum atomic E-state index is 5.49. The van der Waals surface area contributed by atoms with Gasteiger partial charge in [0.05, 0.1) is 22.8 Å².